The number of anilines is 1. The quantitative estimate of drug-likeness (QED) is 0.509. The van der Waals surface area contributed by atoms with Crippen molar-refractivity contribution in [3.8, 4) is 22.6 Å². The van der Waals surface area contributed by atoms with E-state index in [0.29, 0.717) is 23.8 Å². The third-order valence-corrected chi connectivity index (χ3v) is 5.10. The molecule has 0 aliphatic heterocycles. The summed E-state index contributed by atoms with van der Waals surface area (Å²) in [5.74, 6) is 2.59. The molecule has 8 heteroatoms. The summed E-state index contributed by atoms with van der Waals surface area (Å²) in [5.41, 5.74) is 3.88. The first-order valence-corrected chi connectivity index (χ1v) is 9.38. The molecule has 1 N–H and O–H groups in total. The first-order valence-electron chi connectivity index (χ1n) is 9.00. The van der Waals surface area contributed by atoms with E-state index in [1.807, 2.05) is 43.3 Å². The van der Waals surface area contributed by atoms with Gasteiger partial charge in [-0.3, -0.25) is 0 Å². The monoisotopic (exact) mass is 409 g/mol. The van der Waals surface area contributed by atoms with Gasteiger partial charge in [-0.05, 0) is 41.8 Å². The number of ether oxygens (including phenoxy) is 2. The van der Waals surface area contributed by atoms with Crippen molar-refractivity contribution >= 4 is 23.2 Å². The number of nitrogens with one attached hydrogen (secondary N) is 1. The van der Waals surface area contributed by atoms with Crippen LogP contribution in [0.2, 0.25) is 5.02 Å². The van der Waals surface area contributed by atoms with E-state index in [1.54, 1.807) is 24.9 Å². The number of methoxy groups -OCH3 is 2. The molecule has 0 radical (unpaired) electrons. The van der Waals surface area contributed by atoms with E-state index in [1.165, 1.54) is 6.33 Å². The van der Waals surface area contributed by atoms with Crippen LogP contribution in [0.3, 0.4) is 0 Å². The lowest BCUT2D eigenvalue weighted by molar-refractivity contribution is 0.355. The Labute approximate surface area is 173 Å². The number of benzene rings is 2. The molecule has 0 saturated carbocycles. The number of halogens is 1. The lowest BCUT2D eigenvalue weighted by atomic mass is 10.1. The van der Waals surface area contributed by atoms with E-state index in [0.717, 1.165) is 33.1 Å². The predicted octanol–water partition coefficient (Wildman–Crippen LogP) is 4.38. The molecule has 0 fully saturated rings. The number of aryl methyl sites for hydroxylation is 1. The number of nitrogens with zero attached hydrogens (tertiary/aromatic N) is 4. The molecule has 7 nitrogen and oxygen atoms in total. The number of aromatic nitrogens is 4. The van der Waals surface area contributed by atoms with Gasteiger partial charge < -0.3 is 14.8 Å². The second-order valence-corrected chi connectivity index (χ2v) is 6.91. The molecule has 0 spiro atoms. The molecule has 0 aliphatic rings. The maximum Gasteiger partial charge on any atom is 0.254 e. The van der Waals surface area contributed by atoms with Crippen molar-refractivity contribution < 1.29 is 9.47 Å². The van der Waals surface area contributed by atoms with Gasteiger partial charge in [-0.2, -0.15) is 14.6 Å². The fraction of sp³-hybridized carbons (Fsp3) is 0.190. The number of rotatable bonds is 6. The van der Waals surface area contributed by atoms with Gasteiger partial charge in [0, 0.05) is 23.3 Å². The SMILES string of the molecule is COc1ccc(-c2cnc3ncnn3c2NCc2ccc(C)c(Cl)c2)cc1OC. The van der Waals surface area contributed by atoms with Crippen LogP contribution in [0.25, 0.3) is 16.9 Å². The van der Waals surface area contributed by atoms with Gasteiger partial charge in [0.25, 0.3) is 5.78 Å². The number of fused-ring (bicyclic) bond motifs is 1. The predicted molar refractivity (Wildman–Crippen MR) is 113 cm³/mol. The van der Waals surface area contributed by atoms with Crippen molar-refractivity contribution in [2.75, 3.05) is 19.5 Å². The van der Waals surface area contributed by atoms with E-state index in [9.17, 15) is 0 Å². The van der Waals surface area contributed by atoms with Crippen molar-refractivity contribution in [1.82, 2.24) is 19.6 Å². The molecule has 4 aromatic rings. The van der Waals surface area contributed by atoms with E-state index >= 15 is 0 Å². The minimum atomic E-state index is 0.513. The average Bonchev–Trinajstić information content (AvgIpc) is 3.23. The Morgan fingerprint density at radius 3 is 2.62 bits per heavy atom. The lowest BCUT2D eigenvalue weighted by Crippen LogP contribution is -2.08. The zero-order chi connectivity index (χ0) is 20.4. The summed E-state index contributed by atoms with van der Waals surface area (Å²) in [6.45, 7) is 2.55. The largest absolute Gasteiger partial charge is 0.493 e. The van der Waals surface area contributed by atoms with Gasteiger partial charge in [-0.25, -0.2) is 4.98 Å². The molecule has 2 aromatic heterocycles. The Balaban J connectivity index is 1.76. The van der Waals surface area contributed by atoms with Crippen LogP contribution in [-0.4, -0.2) is 33.8 Å². The Kier molecular flexibility index (Phi) is 5.22. The van der Waals surface area contributed by atoms with Crippen LogP contribution < -0.4 is 14.8 Å². The molecule has 2 aromatic carbocycles. The molecular weight excluding hydrogens is 390 g/mol. The van der Waals surface area contributed by atoms with Crippen molar-refractivity contribution in [2.24, 2.45) is 0 Å². The zero-order valence-corrected chi connectivity index (χ0v) is 17.1. The second-order valence-electron chi connectivity index (χ2n) is 6.50. The normalized spacial score (nSPS) is 10.9. The van der Waals surface area contributed by atoms with Gasteiger partial charge in [0.1, 0.15) is 12.1 Å². The molecule has 29 heavy (non-hydrogen) atoms. The minimum absolute atomic E-state index is 0.513. The first-order chi connectivity index (χ1) is 14.1. The van der Waals surface area contributed by atoms with E-state index in [-0.39, 0.29) is 0 Å². The highest BCUT2D eigenvalue weighted by Gasteiger charge is 2.15. The van der Waals surface area contributed by atoms with Gasteiger partial charge in [0.15, 0.2) is 11.5 Å². The smallest absolute Gasteiger partial charge is 0.254 e. The summed E-state index contributed by atoms with van der Waals surface area (Å²) in [6.07, 6.45) is 3.25. The van der Waals surface area contributed by atoms with Crippen molar-refractivity contribution in [3.63, 3.8) is 0 Å². The topological polar surface area (TPSA) is 73.6 Å². The molecule has 2 heterocycles. The molecule has 0 atom stereocenters. The molecule has 0 unspecified atom stereocenters. The maximum atomic E-state index is 6.27. The fourth-order valence-electron chi connectivity index (χ4n) is 3.10. The molecule has 0 aliphatic carbocycles. The van der Waals surface area contributed by atoms with Crippen LogP contribution in [0, 0.1) is 6.92 Å². The third-order valence-electron chi connectivity index (χ3n) is 4.70. The van der Waals surface area contributed by atoms with Gasteiger partial charge in [0.2, 0.25) is 0 Å². The molecule has 4 rings (SSSR count). The fourth-order valence-corrected chi connectivity index (χ4v) is 3.30. The van der Waals surface area contributed by atoms with Gasteiger partial charge in [-0.15, -0.1) is 0 Å². The van der Waals surface area contributed by atoms with Crippen LogP contribution in [0.1, 0.15) is 11.1 Å². The van der Waals surface area contributed by atoms with Crippen molar-refractivity contribution in [2.45, 2.75) is 13.5 Å². The molecule has 0 amide bonds. The lowest BCUT2D eigenvalue weighted by Gasteiger charge is -2.15. The second kappa shape index (κ2) is 7.97. The van der Waals surface area contributed by atoms with Gasteiger partial charge in [-0.1, -0.05) is 29.8 Å². The van der Waals surface area contributed by atoms with E-state index in [4.69, 9.17) is 21.1 Å². The standard InChI is InChI=1S/C21H20ClN5O2/c1-13-4-5-14(8-17(13)22)10-23-20-16(11-24-21-25-12-26-27(20)21)15-6-7-18(28-2)19(9-15)29-3/h4-9,11-12,23H,10H2,1-3H3. The van der Waals surface area contributed by atoms with E-state index < -0.39 is 0 Å². The highest BCUT2D eigenvalue weighted by molar-refractivity contribution is 6.31. The van der Waals surface area contributed by atoms with Crippen LogP contribution >= 0.6 is 11.6 Å². The molecule has 0 saturated heterocycles. The Hall–Kier alpha value is -3.32. The Morgan fingerprint density at radius 1 is 1.03 bits per heavy atom. The summed E-state index contributed by atoms with van der Waals surface area (Å²) < 4.78 is 12.5. The molecular formula is C21H20ClN5O2. The van der Waals surface area contributed by atoms with Crippen molar-refractivity contribution in [3.05, 3.63) is 65.1 Å². The maximum absolute atomic E-state index is 6.27. The Morgan fingerprint density at radius 2 is 1.86 bits per heavy atom. The first kappa shape index (κ1) is 19.0. The van der Waals surface area contributed by atoms with Gasteiger partial charge >= 0.3 is 0 Å². The number of hydrogen-bond donors (Lipinski definition) is 1. The summed E-state index contributed by atoms with van der Waals surface area (Å²) in [4.78, 5) is 8.60. The van der Waals surface area contributed by atoms with Crippen LogP contribution in [0.4, 0.5) is 5.82 Å². The zero-order valence-electron chi connectivity index (χ0n) is 16.3. The van der Waals surface area contributed by atoms with E-state index in [2.05, 4.69) is 20.4 Å². The van der Waals surface area contributed by atoms with Crippen LogP contribution in [-0.2, 0) is 6.54 Å². The van der Waals surface area contributed by atoms with Crippen molar-refractivity contribution in [1.29, 1.82) is 0 Å². The average molecular weight is 410 g/mol. The summed E-state index contributed by atoms with van der Waals surface area (Å²) in [6, 6.07) is 11.7. The number of hydrogen-bond acceptors (Lipinski definition) is 6. The summed E-state index contributed by atoms with van der Waals surface area (Å²) in [7, 11) is 3.22. The summed E-state index contributed by atoms with van der Waals surface area (Å²) in [5, 5.41) is 8.52. The summed E-state index contributed by atoms with van der Waals surface area (Å²) >= 11 is 6.27. The Bertz CT molecular complexity index is 1180. The minimum Gasteiger partial charge on any atom is -0.493 e. The molecule has 148 valence electrons. The van der Waals surface area contributed by atoms with Gasteiger partial charge in [0.05, 0.1) is 14.2 Å². The third kappa shape index (κ3) is 3.69. The molecule has 0 bridgehead atoms. The van der Waals surface area contributed by atoms with Crippen LogP contribution in [0.5, 0.6) is 11.5 Å². The highest BCUT2D eigenvalue weighted by Crippen LogP contribution is 2.35. The van der Waals surface area contributed by atoms with Crippen LogP contribution in [0.15, 0.2) is 48.9 Å². The highest BCUT2D eigenvalue weighted by atomic mass is 35.5.